The van der Waals surface area contributed by atoms with Gasteiger partial charge in [0.25, 0.3) is 0 Å². The lowest BCUT2D eigenvalue weighted by Gasteiger charge is -2.25. The van der Waals surface area contributed by atoms with Crippen molar-refractivity contribution in [2.24, 2.45) is 5.92 Å². The van der Waals surface area contributed by atoms with Crippen LogP contribution in [0, 0.1) is 24.5 Å². The zero-order valence-electron chi connectivity index (χ0n) is 22.0. The van der Waals surface area contributed by atoms with Crippen molar-refractivity contribution in [3.63, 3.8) is 0 Å². The predicted octanol–water partition coefficient (Wildman–Crippen LogP) is 6.04. The van der Waals surface area contributed by atoms with E-state index in [-0.39, 0.29) is 12.4 Å². The van der Waals surface area contributed by atoms with Crippen LogP contribution in [-0.4, -0.2) is 45.6 Å². The van der Waals surface area contributed by atoms with Crippen LogP contribution in [-0.2, 0) is 17.9 Å². The van der Waals surface area contributed by atoms with E-state index in [1.54, 1.807) is 4.68 Å². The monoisotopic (exact) mass is 533 g/mol. The molecule has 1 saturated carbocycles. The molecule has 1 fully saturated rings. The number of para-hydroxylation sites is 1. The molecule has 6 nitrogen and oxygen atoms in total. The number of hydrogen-bond donors (Lipinski definition) is 1. The van der Waals surface area contributed by atoms with Gasteiger partial charge in [-0.15, -0.1) is 0 Å². The van der Waals surface area contributed by atoms with Gasteiger partial charge in [-0.05, 0) is 55.5 Å². The van der Waals surface area contributed by atoms with Crippen molar-refractivity contribution in [1.82, 2.24) is 14.7 Å². The van der Waals surface area contributed by atoms with Gasteiger partial charge in [0.1, 0.15) is 5.82 Å². The molecule has 1 N–H and O–H groups in total. The first-order valence-corrected chi connectivity index (χ1v) is 13.2. The van der Waals surface area contributed by atoms with Crippen LogP contribution in [0.25, 0.3) is 5.69 Å². The fourth-order valence-corrected chi connectivity index (χ4v) is 4.56. The Kier molecular flexibility index (Phi) is 8.66. The highest BCUT2D eigenvalue weighted by atomic mass is 19.1. The molecule has 0 aliphatic heterocycles. The lowest BCUT2D eigenvalue weighted by molar-refractivity contribution is 0.00769. The van der Waals surface area contributed by atoms with Crippen molar-refractivity contribution >= 4 is 0 Å². The van der Waals surface area contributed by atoms with Gasteiger partial charge in [0.15, 0.2) is 11.6 Å². The van der Waals surface area contributed by atoms with Crippen LogP contribution in [0.2, 0.25) is 0 Å². The number of aliphatic hydroxyl groups excluding tert-OH is 1. The molecule has 0 radical (unpaired) electrons. The molecule has 1 aliphatic carbocycles. The normalized spacial score (nSPS) is 14.1. The summed E-state index contributed by atoms with van der Waals surface area (Å²) >= 11 is 0. The Morgan fingerprint density at radius 1 is 1.03 bits per heavy atom. The Balaban J connectivity index is 1.36. The van der Waals surface area contributed by atoms with Crippen LogP contribution < -0.4 is 4.74 Å². The third-order valence-electron chi connectivity index (χ3n) is 6.72. The highest BCUT2D eigenvalue weighted by molar-refractivity contribution is 5.43. The predicted molar refractivity (Wildman–Crippen MR) is 145 cm³/mol. The molecule has 4 aromatic rings. The number of ether oxygens (including phenoxy) is 2. The van der Waals surface area contributed by atoms with Gasteiger partial charge in [-0.3, -0.25) is 4.90 Å². The molecule has 204 valence electrons. The molecule has 5 rings (SSSR count). The first kappa shape index (κ1) is 27.0. The smallest absolute Gasteiger partial charge is 0.227 e. The van der Waals surface area contributed by atoms with Gasteiger partial charge in [-0.1, -0.05) is 48.5 Å². The quantitative estimate of drug-likeness (QED) is 0.227. The molecular weight excluding hydrogens is 500 g/mol. The second-order valence-electron chi connectivity index (χ2n) is 10.1. The maximum atomic E-state index is 14.6. The molecule has 1 atom stereocenters. The zero-order chi connectivity index (χ0) is 27.2. The number of aryl methyl sites for hydroxylation is 1. The summed E-state index contributed by atoms with van der Waals surface area (Å²) in [7, 11) is 0. The number of rotatable bonds is 13. The molecule has 1 aromatic heterocycles. The Morgan fingerprint density at radius 2 is 1.74 bits per heavy atom. The molecule has 0 amide bonds. The highest BCUT2D eigenvalue weighted by Gasteiger charge is 2.28. The van der Waals surface area contributed by atoms with E-state index in [1.165, 1.54) is 12.1 Å². The Labute approximate surface area is 227 Å². The van der Waals surface area contributed by atoms with E-state index in [2.05, 4.69) is 4.90 Å². The minimum Gasteiger partial charge on any atom is -0.435 e. The molecule has 0 spiro atoms. The van der Waals surface area contributed by atoms with Crippen LogP contribution in [0.5, 0.6) is 11.6 Å². The third kappa shape index (κ3) is 7.29. The van der Waals surface area contributed by atoms with E-state index in [0.717, 1.165) is 48.0 Å². The van der Waals surface area contributed by atoms with Crippen LogP contribution >= 0.6 is 0 Å². The molecule has 3 aromatic carbocycles. The molecule has 0 bridgehead atoms. The average Bonchev–Trinajstić information content (AvgIpc) is 3.70. The van der Waals surface area contributed by atoms with E-state index in [0.29, 0.717) is 31.5 Å². The standard InChI is InChI=1S/C31H33F2N3O3/c1-22-28(19-35(17-23-12-13-23)18-27(37)21-38-20-24-8-4-2-5-9-24)31(36(34-22)26-10-6-3-7-11-26)39-30-15-14-25(32)16-29(30)33/h2-11,14-16,23,27,37H,12-13,17-21H2,1H3/t27-/m0/s1. The number of hydrogen-bond acceptors (Lipinski definition) is 5. The van der Waals surface area contributed by atoms with Crippen LogP contribution in [0.15, 0.2) is 78.9 Å². The van der Waals surface area contributed by atoms with E-state index < -0.39 is 17.7 Å². The van der Waals surface area contributed by atoms with E-state index in [9.17, 15) is 13.9 Å². The van der Waals surface area contributed by atoms with Gasteiger partial charge in [-0.2, -0.15) is 5.10 Å². The van der Waals surface area contributed by atoms with Crippen molar-refractivity contribution in [3.05, 3.63) is 107 Å². The van der Waals surface area contributed by atoms with Gasteiger partial charge in [0.05, 0.1) is 36.3 Å². The molecule has 0 saturated heterocycles. The lowest BCUT2D eigenvalue weighted by Crippen LogP contribution is -2.36. The first-order valence-electron chi connectivity index (χ1n) is 13.2. The first-order chi connectivity index (χ1) is 19.0. The van der Waals surface area contributed by atoms with E-state index in [1.807, 2.05) is 67.6 Å². The minimum absolute atomic E-state index is 0.0854. The maximum absolute atomic E-state index is 14.6. The largest absolute Gasteiger partial charge is 0.435 e. The van der Waals surface area contributed by atoms with Crippen LogP contribution in [0.4, 0.5) is 8.78 Å². The van der Waals surface area contributed by atoms with E-state index in [4.69, 9.17) is 14.6 Å². The molecule has 1 heterocycles. The fraction of sp³-hybridized carbons (Fsp3) is 0.323. The van der Waals surface area contributed by atoms with Gasteiger partial charge >= 0.3 is 0 Å². The van der Waals surface area contributed by atoms with E-state index >= 15 is 0 Å². The Hall–Kier alpha value is -3.59. The zero-order valence-corrected chi connectivity index (χ0v) is 22.0. The second-order valence-corrected chi connectivity index (χ2v) is 10.1. The van der Waals surface area contributed by atoms with Crippen molar-refractivity contribution < 1.29 is 23.4 Å². The summed E-state index contributed by atoms with van der Waals surface area (Å²) in [5.74, 6) is -0.615. The number of aromatic nitrogens is 2. The molecule has 8 heteroatoms. The summed E-state index contributed by atoms with van der Waals surface area (Å²) in [4.78, 5) is 2.18. The van der Waals surface area contributed by atoms with Gasteiger partial charge in [-0.25, -0.2) is 13.5 Å². The van der Waals surface area contributed by atoms with Crippen LogP contribution in [0.3, 0.4) is 0 Å². The number of nitrogens with zero attached hydrogens (tertiary/aromatic N) is 3. The van der Waals surface area contributed by atoms with Gasteiger partial charge in [0.2, 0.25) is 5.88 Å². The molecular formula is C31H33F2N3O3. The highest BCUT2D eigenvalue weighted by Crippen LogP contribution is 2.35. The van der Waals surface area contributed by atoms with Crippen molar-refractivity contribution in [2.45, 2.75) is 39.0 Å². The molecule has 1 aliphatic rings. The lowest BCUT2D eigenvalue weighted by atomic mass is 10.2. The van der Waals surface area contributed by atoms with Crippen molar-refractivity contribution in [3.8, 4) is 17.3 Å². The topological polar surface area (TPSA) is 59.8 Å². The summed E-state index contributed by atoms with van der Waals surface area (Å²) in [5, 5.41) is 15.5. The summed E-state index contributed by atoms with van der Waals surface area (Å²) in [6.45, 7) is 4.20. The van der Waals surface area contributed by atoms with Gasteiger partial charge in [0, 0.05) is 25.7 Å². The van der Waals surface area contributed by atoms with Crippen molar-refractivity contribution in [2.75, 3.05) is 19.7 Å². The summed E-state index contributed by atoms with van der Waals surface area (Å²) in [5.41, 5.74) is 3.32. The summed E-state index contributed by atoms with van der Waals surface area (Å²) in [6.07, 6.45) is 1.63. The second kappa shape index (κ2) is 12.5. The van der Waals surface area contributed by atoms with Gasteiger partial charge < -0.3 is 14.6 Å². The minimum atomic E-state index is -0.791. The summed E-state index contributed by atoms with van der Waals surface area (Å²) < 4.78 is 41.7. The number of halogens is 2. The fourth-order valence-electron chi connectivity index (χ4n) is 4.56. The Bertz CT molecular complexity index is 1360. The Morgan fingerprint density at radius 3 is 2.44 bits per heavy atom. The number of aliphatic hydroxyl groups is 1. The summed E-state index contributed by atoms with van der Waals surface area (Å²) in [6, 6.07) is 22.6. The SMILES string of the molecule is Cc1nn(-c2ccccc2)c(Oc2ccc(F)cc2F)c1CN(CC1CC1)C[C@H](O)COCc1ccccc1. The van der Waals surface area contributed by atoms with Crippen molar-refractivity contribution in [1.29, 1.82) is 0 Å². The maximum Gasteiger partial charge on any atom is 0.227 e. The average molecular weight is 534 g/mol. The molecule has 39 heavy (non-hydrogen) atoms. The third-order valence-corrected chi connectivity index (χ3v) is 6.72. The number of benzene rings is 3. The van der Waals surface area contributed by atoms with Crippen LogP contribution in [0.1, 0.15) is 29.7 Å². The molecule has 0 unspecified atom stereocenters.